The van der Waals surface area contributed by atoms with Crippen molar-refractivity contribution in [3.05, 3.63) is 35.9 Å². The van der Waals surface area contributed by atoms with E-state index in [1.54, 1.807) is 30.3 Å². The lowest BCUT2D eigenvalue weighted by molar-refractivity contribution is -0.141. The number of thiol groups is 2. The van der Waals surface area contributed by atoms with Crippen molar-refractivity contribution in [1.82, 2.24) is 16.0 Å². The van der Waals surface area contributed by atoms with Crippen molar-refractivity contribution in [2.45, 2.75) is 43.4 Å². The summed E-state index contributed by atoms with van der Waals surface area (Å²) in [6.07, 6.45) is 0.000985. The molecule has 4 amide bonds. The smallest absolute Gasteiger partial charge is 0.327 e. The van der Waals surface area contributed by atoms with E-state index in [4.69, 9.17) is 16.6 Å². The minimum atomic E-state index is -1.28. The highest BCUT2D eigenvalue weighted by Crippen LogP contribution is 2.06. The normalized spacial score (nSPS) is 14.3. The first-order valence-corrected chi connectivity index (χ1v) is 11.3. The van der Waals surface area contributed by atoms with Gasteiger partial charge in [0.25, 0.3) is 0 Å². The SMILES string of the molecule is NC(=O)CCC(N)C(=O)NC(Cc1ccccc1)C(=O)NC(CS)C(=O)NC(CS)C(=O)O. The molecule has 0 aliphatic heterocycles. The molecule has 0 bridgehead atoms. The van der Waals surface area contributed by atoms with Crippen LogP contribution in [0.4, 0.5) is 0 Å². The van der Waals surface area contributed by atoms with E-state index in [-0.39, 0.29) is 30.8 Å². The first-order chi connectivity index (χ1) is 15.6. The summed E-state index contributed by atoms with van der Waals surface area (Å²) < 4.78 is 0. The topological polar surface area (TPSA) is 194 Å². The Kier molecular flexibility index (Phi) is 12.3. The van der Waals surface area contributed by atoms with E-state index in [0.717, 1.165) is 5.56 Å². The van der Waals surface area contributed by atoms with Gasteiger partial charge in [-0.15, -0.1) is 0 Å². The molecule has 1 aromatic carbocycles. The van der Waals surface area contributed by atoms with Gasteiger partial charge in [-0.05, 0) is 12.0 Å². The fraction of sp³-hybridized carbons (Fsp3) is 0.450. The zero-order valence-corrected chi connectivity index (χ0v) is 19.6. The molecule has 0 saturated heterocycles. The van der Waals surface area contributed by atoms with E-state index in [1.807, 2.05) is 0 Å². The summed E-state index contributed by atoms with van der Waals surface area (Å²) in [7, 11) is 0. The predicted octanol–water partition coefficient (Wildman–Crippen LogP) is -1.78. The highest BCUT2D eigenvalue weighted by atomic mass is 32.1. The number of carbonyl (C=O) groups is 5. The summed E-state index contributed by atoms with van der Waals surface area (Å²) in [4.78, 5) is 59.9. The van der Waals surface area contributed by atoms with Crippen molar-refractivity contribution in [3.8, 4) is 0 Å². The lowest BCUT2D eigenvalue weighted by Gasteiger charge is -2.24. The summed E-state index contributed by atoms with van der Waals surface area (Å²) in [5.41, 5.74) is 11.6. The van der Waals surface area contributed by atoms with Crippen LogP contribution in [0.5, 0.6) is 0 Å². The minimum absolute atomic E-state index is 0.00280. The van der Waals surface area contributed by atoms with E-state index in [0.29, 0.717) is 0 Å². The van der Waals surface area contributed by atoms with E-state index in [1.165, 1.54) is 0 Å². The molecule has 182 valence electrons. The van der Waals surface area contributed by atoms with Gasteiger partial charge in [0.15, 0.2) is 0 Å². The van der Waals surface area contributed by atoms with Crippen LogP contribution in [0.3, 0.4) is 0 Å². The van der Waals surface area contributed by atoms with Gasteiger partial charge in [-0.3, -0.25) is 19.2 Å². The molecule has 0 saturated carbocycles. The quantitative estimate of drug-likeness (QED) is 0.139. The lowest BCUT2D eigenvalue weighted by Crippen LogP contribution is -2.58. The molecule has 4 unspecified atom stereocenters. The second kappa shape index (κ2) is 14.4. The molecule has 33 heavy (non-hydrogen) atoms. The maximum absolute atomic E-state index is 12.9. The zero-order chi connectivity index (χ0) is 25.0. The third-order valence-electron chi connectivity index (χ3n) is 4.57. The number of rotatable bonds is 14. The Hall–Kier alpha value is -2.77. The molecule has 13 heteroatoms. The molecule has 0 fully saturated rings. The maximum Gasteiger partial charge on any atom is 0.327 e. The molecule has 0 aliphatic rings. The number of hydrogen-bond donors (Lipinski definition) is 8. The van der Waals surface area contributed by atoms with Gasteiger partial charge in [0.2, 0.25) is 23.6 Å². The molecule has 0 spiro atoms. The number of nitrogens with two attached hydrogens (primary N) is 2. The summed E-state index contributed by atoms with van der Waals surface area (Å²) in [6, 6.07) is 4.24. The second-order valence-corrected chi connectivity index (χ2v) is 7.92. The number of amides is 4. The van der Waals surface area contributed by atoms with Gasteiger partial charge >= 0.3 is 5.97 Å². The molecule has 0 aliphatic carbocycles. The van der Waals surface area contributed by atoms with Gasteiger partial charge < -0.3 is 32.5 Å². The van der Waals surface area contributed by atoms with Crippen molar-refractivity contribution in [2.24, 2.45) is 11.5 Å². The van der Waals surface area contributed by atoms with Gasteiger partial charge in [-0.2, -0.15) is 25.3 Å². The van der Waals surface area contributed by atoms with E-state index >= 15 is 0 Å². The van der Waals surface area contributed by atoms with Gasteiger partial charge in [-0.1, -0.05) is 30.3 Å². The number of carboxylic acids is 1. The van der Waals surface area contributed by atoms with Gasteiger partial charge in [0.1, 0.15) is 18.1 Å². The highest BCUT2D eigenvalue weighted by molar-refractivity contribution is 7.80. The van der Waals surface area contributed by atoms with Crippen LogP contribution in [-0.2, 0) is 30.4 Å². The number of hydrogen-bond acceptors (Lipinski definition) is 8. The number of primary amides is 1. The molecule has 8 N–H and O–H groups in total. The number of aliphatic carboxylic acids is 1. The standard InChI is InChI=1S/C20H29N5O6S2/c21-12(6-7-16(22)26)17(27)23-13(8-11-4-2-1-3-5-11)18(28)24-14(9-32)19(29)25-15(10-33)20(30)31/h1-5,12-15,32-33H,6-10,21H2,(H2,22,26)(H,23,27)(H,24,28)(H,25,29)(H,30,31). The monoisotopic (exact) mass is 499 g/mol. The number of benzene rings is 1. The predicted molar refractivity (Wildman–Crippen MR) is 128 cm³/mol. The fourth-order valence-electron chi connectivity index (χ4n) is 2.69. The van der Waals surface area contributed by atoms with E-state index in [9.17, 15) is 24.0 Å². The van der Waals surface area contributed by atoms with Crippen molar-refractivity contribution in [3.63, 3.8) is 0 Å². The Morgan fingerprint density at radius 2 is 1.36 bits per heavy atom. The van der Waals surface area contributed by atoms with Gasteiger partial charge in [-0.25, -0.2) is 4.79 Å². The first kappa shape index (κ1) is 28.3. The molecule has 4 atom stereocenters. The maximum atomic E-state index is 12.9. The van der Waals surface area contributed by atoms with Crippen LogP contribution in [0.25, 0.3) is 0 Å². The number of carboxylic acid groups (broad SMARTS) is 1. The number of nitrogens with one attached hydrogen (secondary N) is 3. The summed E-state index contributed by atoms with van der Waals surface area (Å²) in [5.74, 6) is -4.28. The van der Waals surface area contributed by atoms with Crippen LogP contribution in [0.1, 0.15) is 18.4 Å². The third-order valence-corrected chi connectivity index (χ3v) is 5.30. The fourth-order valence-corrected chi connectivity index (χ4v) is 3.20. The van der Waals surface area contributed by atoms with Crippen LogP contribution in [0.2, 0.25) is 0 Å². The molecular weight excluding hydrogens is 470 g/mol. The Morgan fingerprint density at radius 3 is 1.88 bits per heavy atom. The lowest BCUT2D eigenvalue weighted by atomic mass is 10.0. The summed E-state index contributed by atoms with van der Waals surface area (Å²) in [6.45, 7) is 0. The Labute approximate surface area is 202 Å². The second-order valence-electron chi connectivity index (χ2n) is 7.19. The third kappa shape index (κ3) is 10.1. The Morgan fingerprint density at radius 1 is 0.848 bits per heavy atom. The Balaban J connectivity index is 2.95. The molecule has 0 radical (unpaired) electrons. The van der Waals surface area contributed by atoms with Crippen LogP contribution in [0, 0.1) is 0 Å². The average molecular weight is 500 g/mol. The van der Waals surface area contributed by atoms with Crippen LogP contribution < -0.4 is 27.4 Å². The molecule has 1 rings (SSSR count). The molecule has 11 nitrogen and oxygen atoms in total. The van der Waals surface area contributed by atoms with Crippen LogP contribution in [-0.4, -0.2) is 70.4 Å². The van der Waals surface area contributed by atoms with E-state index in [2.05, 4.69) is 41.2 Å². The number of carbonyl (C=O) groups excluding carboxylic acids is 4. The van der Waals surface area contributed by atoms with Crippen molar-refractivity contribution >= 4 is 54.9 Å². The van der Waals surface area contributed by atoms with Crippen molar-refractivity contribution in [2.75, 3.05) is 11.5 Å². The minimum Gasteiger partial charge on any atom is -0.480 e. The van der Waals surface area contributed by atoms with E-state index < -0.39 is 53.8 Å². The molecule has 1 aromatic rings. The largest absolute Gasteiger partial charge is 0.480 e. The zero-order valence-electron chi connectivity index (χ0n) is 17.8. The van der Waals surface area contributed by atoms with Crippen LogP contribution >= 0.6 is 25.3 Å². The van der Waals surface area contributed by atoms with Gasteiger partial charge in [0.05, 0.1) is 6.04 Å². The van der Waals surface area contributed by atoms with Gasteiger partial charge in [0, 0.05) is 24.3 Å². The summed E-state index contributed by atoms with van der Waals surface area (Å²) in [5, 5.41) is 16.4. The Bertz CT molecular complexity index is 841. The first-order valence-electron chi connectivity index (χ1n) is 10.0. The average Bonchev–Trinajstić information content (AvgIpc) is 2.78. The van der Waals surface area contributed by atoms with Crippen molar-refractivity contribution < 1.29 is 29.1 Å². The highest BCUT2D eigenvalue weighted by Gasteiger charge is 2.29. The summed E-state index contributed by atoms with van der Waals surface area (Å²) >= 11 is 7.94. The molecule has 0 aromatic heterocycles. The van der Waals surface area contributed by atoms with Crippen molar-refractivity contribution in [1.29, 1.82) is 0 Å². The molecule has 0 heterocycles. The molecular formula is C20H29N5O6S2. The van der Waals surface area contributed by atoms with Crippen LogP contribution in [0.15, 0.2) is 30.3 Å².